The number of carbonyl (C=O) groups is 2. The molecule has 0 N–H and O–H groups in total. The number of fused-ring (bicyclic) bond motifs is 5. The van der Waals surface area contributed by atoms with Crippen LogP contribution in [0.15, 0.2) is 78.9 Å². The maximum absolute atomic E-state index is 12.8. The monoisotopic (exact) mass is 398 g/mol. The summed E-state index contributed by atoms with van der Waals surface area (Å²) in [5.74, 6) is -0.703. The van der Waals surface area contributed by atoms with Gasteiger partial charge in [-0.2, -0.15) is 0 Å². The molecule has 4 heteroatoms. The van der Waals surface area contributed by atoms with Crippen LogP contribution in [0.5, 0.6) is 0 Å². The van der Waals surface area contributed by atoms with Gasteiger partial charge in [0.15, 0.2) is 0 Å². The lowest BCUT2D eigenvalue weighted by molar-refractivity contribution is -0.0349. The highest BCUT2D eigenvalue weighted by Gasteiger charge is 2.55. The number of carbonyl (C=O) groups excluding carboxylic acids is 2. The predicted molar refractivity (Wildman–Crippen MR) is 113 cm³/mol. The van der Waals surface area contributed by atoms with Crippen molar-refractivity contribution in [2.45, 2.75) is 37.4 Å². The van der Waals surface area contributed by atoms with Crippen LogP contribution < -0.4 is 0 Å². The van der Waals surface area contributed by atoms with Gasteiger partial charge < -0.3 is 9.47 Å². The molecule has 0 saturated heterocycles. The molecule has 3 aromatic rings. The molecule has 2 aliphatic carbocycles. The zero-order chi connectivity index (χ0) is 20.7. The van der Waals surface area contributed by atoms with Crippen LogP contribution >= 0.6 is 0 Å². The second-order valence-corrected chi connectivity index (χ2v) is 8.00. The molecule has 0 radical (unpaired) electrons. The molecule has 30 heavy (non-hydrogen) atoms. The number of rotatable bonds is 4. The van der Waals surface area contributed by atoms with Crippen molar-refractivity contribution in [3.05, 3.63) is 107 Å². The van der Waals surface area contributed by atoms with Gasteiger partial charge in [-0.3, -0.25) is 0 Å². The summed E-state index contributed by atoms with van der Waals surface area (Å²) < 4.78 is 11.9. The number of benzene rings is 3. The summed E-state index contributed by atoms with van der Waals surface area (Å²) in [5.41, 5.74) is 4.63. The normalized spacial score (nSPS) is 23.6. The Labute approximate surface area is 175 Å². The van der Waals surface area contributed by atoms with Crippen LogP contribution in [0.1, 0.15) is 55.7 Å². The van der Waals surface area contributed by atoms with E-state index in [2.05, 4.69) is 19.1 Å². The molecule has 0 aliphatic heterocycles. The van der Waals surface area contributed by atoms with Crippen LogP contribution in [-0.2, 0) is 9.47 Å². The average molecular weight is 398 g/mol. The van der Waals surface area contributed by atoms with Gasteiger partial charge in [-0.15, -0.1) is 0 Å². The van der Waals surface area contributed by atoms with Gasteiger partial charge >= 0.3 is 11.9 Å². The van der Waals surface area contributed by atoms with Crippen LogP contribution in [0.3, 0.4) is 0 Å². The van der Waals surface area contributed by atoms with Crippen molar-refractivity contribution >= 4 is 11.9 Å². The van der Waals surface area contributed by atoms with Crippen molar-refractivity contribution in [3.63, 3.8) is 0 Å². The van der Waals surface area contributed by atoms with E-state index in [0.29, 0.717) is 11.1 Å². The fourth-order valence-electron chi connectivity index (χ4n) is 4.95. The molecule has 150 valence electrons. The fraction of sp³-hybridized carbons (Fsp3) is 0.231. The molecule has 4 atom stereocenters. The molecule has 3 aromatic carbocycles. The molecule has 0 spiro atoms. The Morgan fingerprint density at radius 1 is 0.700 bits per heavy atom. The quantitative estimate of drug-likeness (QED) is 0.579. The van der Waals surface area contributed by atoms with Gasteiger partial charge in [0, 0.05) is 11.8 Å². The van der Waals surface area contributed by atoms with Crippen LogP contribution in [0.2, 0.25) is 0 Å². The van der Waals surface area contributed by atoms with Crippen molar-refractivity contribution in [2.24, 2.45) is 0 Å². The van der Waals surface area contributed by atoms with E-state index in [1.807, 2.05) is 42.5 Å². The summed E-state index contributed by atoms with van der Waals surface area (Å²) in [6.45, 7) is 2.08. The lowest BCUT2D eigenvalue weighted by Gasteiger charge is -2.32. The molecule has 0 aromatic heterocycles. The smallest absolute Gasteiger partial charge is 0.338 e. The molecule has 0 heterocycles. The van der Waals surface area contributed by atoms with Crippen LogP contribution in [0, 0.1) is 6.92 Å². The Hall–Kier alpha value is -3.40. The van der Waals surface area contributed by atoms with Crippen LogP contribution in [0.4, 0.5) is 0 Å². The van der Waals surface area contributed by atoms with Gasteiger partial charge in [-0.1, -0.05) is 54.6 Å². The molecule has 4 nitrogen and oxygen atoms in total. The molecule has 1 saturated carbocycles. The molecular weight excluding hydrogens is 376 g/mol. The summed E-state index contributed by atoms with van der Waals surface area (Å²) in [6, 6.07) is 24.1. The second-order valence-electron chi connectivity index (χ2n) is 8.00. The molecular formula is C26H22O4. The van der Waals surface area contributed by atoms with E-state index >= 15 is 0 Å². The minimum atomic E-state index is -0.496. The van der Waals surface area contributed by atoms with Gasteiger partial charge in [0.05, 0.1) is 11.1 Å². The van der Waals surface area contributed by atoms with Gasteiger partial charge in [-0.05, 0) is 54.3 Å². The average Bonchev–Trinajstić information content (AvgIpc) is 3.32. The largest absolute Gasteiger partial charge is 0.454 e. The van der Waals surface area contributed by atoms with E-state index in [1.165, 1.54) is 16.7 Å². The Kier molecular flexibility index (Phi) is 4.62. The Bertz CT molecular complexity index is 1090. The Morgan fingerprint density at radius 3 is 1.80 bits per heavy atom. The Balaban J connectivity index is 1.47. The maximum atomic E-state index is 12.8. The number of hydrogen-bond donors (Lipinski definition) is 0. The van der Waals surface area contributed by atoms with E-state index in [1.54, 1.807) is 24.3 Å². The summed E-state index contributed by atoms with van der Waals surface area (Å²) in [7, 11) is 0. The third-order valence-corrected chi connectivity index (χ3v) is 6.26. The standard InChI is InChI=1S/C26H22O4/c1-16-9-8-14-19-20-15-21(22(16)19)24(30-26(28)18-12-6-3-7-13-18)23(20)29-25(27)17-10-4-2-5-11-17/h2-14,20-21,23-24H,15H2,1H3. The third-order valence-electron chi connectivity index (χ3n) is 6.26. The number of ether oxygens (including phenoxy) is 2. The van der Waals surface area contributed by atoms with E-state index in [4.69, 9.17) is 9.47 Å². The van der Waals surface area contributed by atoms with Gasteiger partial charge in [0.1, 0.15) is 12.2 Å². The number of aryl methyl sites for hydroxylation is 1. The minimum absolute atomic E-state index is 0.0335. The number of hydrogen-bond acceptors (Lipinski definition) is 4. The predicted octanol–water partition coefficient (Wildman–Crippen LogP) is 5.03. The highest BCUT2D eigenvalue weighted by molar-refractivity contribution is 5.90. The zero-order valence-corrected chi connectivity index (χ0v) is 16.7. The van der Waals surface area contributed by atoms with Gasteiger partial charge in [0.25, 0.3) is 0 Å². The lowest BCUT2D eigenvalue weighted by Crippen LogP contribution is -2.39. The van der Waals surface area contributed by atoms with E-state index in [0.717, 1.165) is 6.42 Å². The number of esters is 2. The van der Waals surface area contributed by atoms with E-state index < -0.39 is 12.2 Å². The summed E-state index contributed by atoms with van der Waals surface area (Å²) >= 11 is 0. The molecule has 2 aliphatic rings. The van der Waals surface area contributed by atoms with Crippen molar-refractivity contribution in [3.8, 4) is 0 Å². The van der Waals surface area contributed by atoms with Gasteiger partial charge in [0.2, 0.25) is 0 Å². The second kappa shape index (κ2) is 7.45. The summed E-state index contributed by atoms with van der Waals surface area (Å²) in [4.78, 5) is 25.6. The highest BCUT2D eigenvalue weighted by atomic mass is 16.6. The molecule has 2 bridgehead atoms. The SMILES string of the molecule is Cc1cccc2c1C1CC2C(OC(=O)c2ccccc2)C1OC(=O)c1ccccc1. The van der Waals surface area contributed by atoms with Crippen molar-refractivity contribution in [1.82, 2.24) is 0 Å². The molecule has 5 rings (SSSR count). The van der Waals surface area contributed by atoms with E-state index in [9.17, 15) is 9.59 Å². The summed E-state index contributed by atoms with van der Waals surface area (Å²) in [5, 5.41) is 0. The van der Waals surface area contributed by atoms with Crippen molar-refractivity contribution in [2.75, 3.05) is 0 Å². The first-order chi connectivity index (χ1) is 14.6. The Morgan fingerprint density at radius 2 is 1.23 bits per heavy atom. The van der Waals surface area contributed by atoms with E-state index in [-0.39, 0.29) is 23.8 Å². The first kappa shape index (κ1) is 18.6. The van der Waals surface area contributed by atoms with Crippen molar-refractivity contribution < 1.29 is 19.1 Å². The zero-order valence-electron chi connectivity index (χ0n) is 16.7. The third kappa shape index (κ3) is 3.09. The fourth-order valence-corrected chi connectivity index (χ4v) is 4.95. The first-order valence-electron chi connectivity index (χ1n) is 10.2. The van der Waals surface area contributed by atoms with Gasteiger partial charge in [-0.25, -0.2) is 9.59 Å². The molecule has 4 unspecified atom stereocenters. The topological polar surface area (TPSA) is 52.6 Å². The van der Waals surface area contributed by atoms with Crippen LogP contribution in [-0.4, -0.2) is 24.1 Å². The minimum Gasteiger partial charge on any atom is -0.454 e. The lowest BCUT2D eigenvalue weighted by atomic mass is 9.85. The molecule has 1 fully saturated rings. The summed E-state index contributed by atoms with van der Waals surface area (Å²) in [6.07, 6.45) is -0.173. The van der Waals surface area contributed by atoms with Crippen LogP contribution in [0.25, 0.3) is 0 Å². The molecule has 0 amide bonds. The van der Waals surface area contributed by atoms with Crippen molar-refractivity contribution in [1.29, 1.82) is 0 Å². The maximum Gasteiger partial charge on any atom is 0.338 e. The first-order valence-corrected chi connectivity index (χ1v) is 10.2. The highest BCUT2D eigenvalue weighted by Crippen LogP contribution is 2.56.